The summed E-state index contributed by atoms with van der Waals surface area (Å²) in [6.45, 7) is 2.82. The summed E-state index contributed by atoms with van der Waals surface area (Å²) in [4.78, 5) is 46.1. The van der Waals surface area contributed by atoms with Crippen molar-refractivity contribution in [1.29, 1.82) is 0 Å². The van der Waals surface area contributed by atoms with Crippen LogP contribution in [0.4, 0.5) is 17.1 Å². The van der Waals surface area contributed by atoms with Crippen LogP contribution in [0.1, 0.15) is 34.6 Å². The van der Waals surface area contributed by atoms with Crippen LogP contribution in [0.5, 0.6) is 0 Å². The van der Waals surface area contributed by atoms with Gasteiger partial charge in [-0.1, -0.05) is 0 Å². The number of hydrogen-bond acceptors (Lipinski definition) is 7. The molecule has 0 saturated heterocycles. The topological polar surface area (TPSA) is 128 Å². The zero-order valence-electron chi connectivity index (χ0n) is 15.5. The number of ether oxygens (including phenoxy) is 1. The molecule has 2 N–H and O–H groups in total. The number of carbonyl (C=O) groups is 3. The molecule has 9 nitrogen and oxygen atoms in total. The van der Waals surface area contributed by atoms with E-state index in [9.17, 15) is 24.5 Å². The Labute approximate surface area is 160 Å². The maximum atomic E-state index is 12.2. The van der Waals surface area contributed by atoms with Crippen LogP contribution in [-0.2, 0) is 9.53 Å². The fourth-order valence-electron chi connectivity index (χ4n) is 2.34. The molecule has 0 heterocycles. The van der Waals surface area contributed by atoms with Gasteiger partial charge >= 0.3 is 5.97 Å². The molecule has 146 valence electrons. The van der Waals surface area contributed by atoms with Crippen LogP contribution < -0.4 is 10.6 Å². The molecule has 1 amide bonds. The molecule has 0 aliphatic carbocycles. The number of benzene rings is 2. The molecule has 0 saturated carbocycles. The van der Waals surface area contributed by atoms with Crippen molar-refractivity contribution < 1.29 is 24.0 Å². The third-order valence-corrected chi connectivity index (χ3v) is 3.91. The lowest BCUT2D eigenvalue weighted by Gasteiger charge is -2.14. The normalized spacial score (nSPS) is 11.2. The third kappa shape index (κ3) is 4.91. The minimum Gasteiger partial charge on any atom is -0.449 e. The van der Waals surface area contributed by atoms with E-state index in [2.05, 4.69) is 10.6 Å². The molecule has 0 unspecified atom stereocenters. The van der Waals surface area contributed by atoms with E-state index in [1.807, 2.05) is 0 Å². The van der Waals surface area contributed by atoms with Gasteiger partial charge in [0.2, 0.25) is 0 Å². The minimum absolute atomic E-state index is 0.0452. The van der Waals surface area contributed by atoms with Gasteiger partial charge in [0.25, 0.3) is 11.6 Å². The molecule has 2 aromatic rings. The van der Waals surface area contributed by atoms with Gasteiger partial charge in [-0.2, -0.15) is 0 Å². The molecule has 9 heteroatoms. The Morgan fingerprint density at radius 1 is 1.07 bits per heavy atom. The number of Topliss-reactive ketones (excluding diaryl/α,β-unsaturated/α-hetero) is 1. The lowest BCUT2D eigenvalue weighted by atomic mass is 10.1. The Morgan fingerprint density at radius 3 is 2.21 bits per heavy atom. The van der Waals surface area contributed by atoms with E-state index in [0.717, 1.165) is 6.07 Å². The average molecular weight is 385 g/mol. The van der Waals surface area contributed by atoms with Crippen molar-refractivity contribution in [3.8, 4) is 0 Å². The molecule has 2 rings (SSSR count). The van der Waals surface area contributed by atoms with Crippen molar-refractivity contribution in [2.24, 2.45) is 0 Å². The predicted molar refractivity (Wildman–Crippen MR) is 103 cm³/mol. The van der Waals surface area contributed by atoms with E-state index in [-0.39, 0.29) is 22.7 Å². The Hall–Kier alpha value is -3.75. The maximum Gasteiger partial charge on any atom is 0.339 e. The molecule has 1 atom stereocenters. The molecule has 0 aliphatic heterocycles. The van der Waals surface area contributed by atoms with Crippen LogP contribution in [0, 0.1) is 10.1 Å². The first-order valence-electron chi connectivity index (χ1n) is 8.32. The van der Waals surface area contributed by atoms with E-state index >= 15 is 0 Å². The number of hydrogen-bond donors (Lipinski definition) is 2. The number of ketones is 1. The number of nitrogens with zero attached hydrogens (tertiary/aromatic N) is 1. The van der Waals surface area contributed by atoms with Gasteiger partial charge < -0.3 is 15.4 Å². The highest BCUT2D eigenvalue weighted by Gasteiger charge is 2.22. The second kappa shape index (κ2) is 8.76. The number of nitrogens with one attached hydrogen (secondary N) is 2. The van der Waals surface area contributed by atoms with Crippen molar-refractivity contribution in [2.45, 2.75) is 20.0 Å². The summed E-state index contributed by atoms with van der Waals surface area (Å²) < 4.78 is 5.09. The van der Waals surface area contributed by atoms with Crippen molar-refractivity contribution in [3.05, 3.63) is 63.7 Å². The standard InChI is InChI=1S/C19H19N3O6/c1-11(23)13-4-7-15(8-5-13)21-18(24)12(2)28-19(25)14-6-9-16(20-3)17(10-14)22(26)27/h4-10,12,20H,1-3H3,(H,21,24)/t12-/m1/s1. The highest BCUT2D eigenvalue weighted by molar-refractivity contribution is 5.98. The monoisotopic (exact) mass is 385 g/mol. The summed E-state index contributed by atoms with van der Waals surface area (Å²) in [6, 6.07) is 10.1. The fourth-order valence-corrected chi connectivity index (χ4v) is 2.34. The largest absolute Gasteiger partial charge is 0.449 e. The van der Waals surface area contributed by atoms with Gasteiger partial charge in [0.1, 0.15) is 5.69 Å². The first-order chi connectivity index (χ1) is 13.2. The number of rotatable bonds is 7. The number of carbonyl (C=O) groups excluding carboxylic acids is 3. The third-order valence-electron chi connectivity index (χ3n) is 3.91. The van der Waals surface area contributed by atoms with Gasteiger partial charge in [-0.25, -0.2) is 4.79 Å². The zero-order chi connectivity index (χ0) is 20.8. The molecule has 2 aromatic carbocycles. The van der Waals surface area contributed by atoms with Gasteiger partial charge in [0, 0.05) is 24.4 Å². The molecular formula is C19H19N3O6. The van der Waals surface area contributed by atoms with Crippen LogP contribution in [-0.4, -0.2) is 35.7 Å². The quantitative estimate of drug-likeness (QED) is 0.324. The molecule has 0 aromatic heterocycles. The number of amides is 1. The Bertz CT molecular complexity index is 924. The van der Waals surface area contributed by atoms with Gasteiger partial charge in [-0.05, 0) is 50.2 Å². The lowest BCUT2D eigenvalue weighted by Crippen LogP contribution is -2.30. The van der Waals surface area contributed by atoms with Crippen molar-refractivity contribution in [2.75, 3.05) is 17.7 Å². The van der Waals surface area contributed by atoms with E-state index < -0.39 is 22.9 Å². The van der Waals surface area contributed by atoms with E-state index in [4.69, 9.17) is 4.74 Å². The first kappa shape index (κ1) is 20.6. The molecular weight excluding hydrogens is 366 g/mol. The minimum atomic E-state index is -1.14. The van der Waals surface area contributed by atoms with Gasteiger partial charge in [0.15, 0.2) is 11.9 Å². The second-order valence-corrected chi connectivity index (χ2v) is 5.91. The molecule has 0 aliphatic rings. The summed E-state index contributed by atoms with van der Waals surface area (Å²) in [5, 5.41) is 16.3. The summed E-state index contributed by atoms with van der Waals surface area (Å²) in [5.74, 6) is -1.54. The summed E-state index contributed by atoms with van der Waals surface area (Å²) in [5.41, 5.74) is 0.869. The Balaban J connectivity index is 2.05. The highest BCUT2D eigenvalue weighted by atomic mass is 16.6. The Morgan fingerprint density at radius 2 is 1.68 bits per heavy atom. The van der Waals surface area contributed by atoms with Crippen molar-refractivity contribution in [3.63, 3.8) is 0 Å². The van der Waals surface area contributed by atoms with E-state index in [1.54, 1.807) is 24.3 Å². The van der Waals surface area contributed by atoms with Crippen LogP contribution in [0.3, 0.4) is 0 Å². The molecule has 0 fully saturated rings. The van der Waals surface area contributed by atoms with Gasteiger partial charge in [0.05, 0.1) is 10.5 Å². The first-order valence-corrected chi connectivity index (χ1v) is 8.32. The van der Waals surface area contributed by atoms with E-state index in [1.165, 1.54) is 33.0 Å². The van der Waals surface area contributed by atoms with Gasteiger partial charge in [-0.15, -0.1) is 0 Å². The number of nitro benzene ring substituents is 1. The average Bonchev–Trinajstić information content (AvgIpc) is 2.67. The Kier molecular flexibility index (Phi) is 6.43. The highest BCUT2D eigenvalue weighted by Crippen LogP contribution is 2.25. The maximum absolute atomic E-state index is 12.2. The van der Waals surface area contributed by atoms with Crippen LogP contribution in [0.25, 0.3) is 0 Å². The number of nitro groups is 1. The van der Waals surface area contributed by atoms with E-state index in [0.29, 0.717) is 11.3 Å². The van der Waals surface area contributed by atoms with Crippen LogP contribution in [0.15, 0.2) is 42.5 Å². The van der Waals surface area contributed by atoms with Crippen molar-refractivity contribution in [1.82, 2.24) is 0 Å². The lowest BCUT2D eigenvalue weighted by molar-refractivity contribution is -0.384. The summed E-state index contributed by atoms with van der Waals surface area (Å²) in [6.07, 6.45) is -1.14. The molecule has 0 spiro atoms. The van der Waals surface area contributed by atoms with Crippen LogP contribution in [0.2, 0.25) is 0 Å². The molecule has 0 bridgehead atoms. The van der Waals surface area contributed by atoms with Crippen LogP contribution >= 0.6 is 0 Å². The molecule has 0 radical (unpaired) electrons. The second-order valence-electron chi connectivity index (χ2n) is 5.91. The SMILES string of the molecule is CNc1ccc(C(=O)O[C@H](C)C(=O)Nc2ccc(C(C)=O)cc2)cc1[N+](=O)[O-]. The smallest absolute Gasteiger partial charge is 0.339 e. The number of esters is 1. The zero-order valence-corrected chi connectivity index (χ0v) is 15.5. The van der Waals surface area contributed by atoms with Gasteiger partial charge in [-0.3, -0.25) is 19.7 Å². The fraction of sp³-hybridized carbons (Fsp3) is 0.211. The number of anilines is 2. The predicted octanol–water partition coefficient (Wildman–Crippen LogP) is 3.02. The summed E-state index contributed by atoms with van der Waals surface area (Å²) in [7, 11) is 1.52. The molecule has 28 heavy (non-hydrogen) atoms. The summed E-state index contributed by atoms with van der Waals surface area (Å²) >= 11 is 0. The van der Waals surface area contributed by atoms with Crippen molar-refractivity contribution >= 4 is 34.7 Å².